The SMILES string of the molecule is Cc1cc(C)c(NC(=O)c2c(C)c(-c3ccccc3)nc3ccccc23)c(C)c1. The van der Waals surface area contributed by atoms with Crippen molar-refractivity contribution in [3.05, 3.63) is 94.5 Å². The summed E-state index contributed by atoms with van der Waals surface area (Å²) in [5, 5.41) is 4.03. The first-order valence-electron chi connectivity index (χ1n) is 9.79. The molecule has 3 aromatic carbocycles. The number of hydrogen-bond donors (Lipinski definition) is 1. The number of fused-ring (bicyclic) bond motifs is 1. The molecule has 0 spiro atoms. The van der Waals surface area contributed by atoms with Gasteiger partial charge < -0.3 is 5.32 Å². The lowest BCUT2D eigenvalue weighted by molar-refractivity contribution is 0.102. The van der Waals surface area contributed by atoms with Gasteiger partial charge in [0.15, 0.2) is 0 Å². The lowest BCUT2D eigenvalue weighted by atomic mass is 9.96. The molecule has 0 radical (unpaired) electrons. The average Bonchev–Trinajstić information content (AvgIpc) is 2.70. The van der Waals surface area contributed by atoms with Crippen molar-refractivity contribution in [2.75, 3.05) is 5.32 Å². The van der Waals surface area contributed by atoms with E-state index in [0.717, 1.165) is 44.5 Å². The van der Waals surface area contributed by atoms with Gasteiger partial charge in [0.2, 0.25) is 0 Å². The molecule has 0 saturated carbocycles. The monoisotopic (exact) mass is 380 g/mol. The topological polar surface area (TPSA) is 42.0 Å². The fourth-order valence-electron chi connectivity index (χ4n) is 4.03. The van der Waals surface area contributed by atoms with Crippen molar-refractivity contribution < 1.29 is 4.79 Å². The molecule has 1 heterocycles. The van der Waals surface area contributed by atoms with E-state index in [-0.39, 0.29) is 5.91 Å². The van der Waals surface area contributed by atoms with Crippen LogP contribution in [0, 0.1) is 27.7 Å². The molecule has 4 aromatic rings. The van der Waals surface area contributed by atoms with Crippen LogP contribution in [-0.4, -0.2) is 10.9 Å². The molecule has 0 aliphatic heterocycles. The van der Waals surface area contributed by atoms with E-state index in [2.05, 4.69) is 24.4 Å². The van der Waals surface area contributed by atoms with Crippen molar-refractivity contribution in [3.63, 3.8) is 0 Å². The molecule has 0 bridgehead atoms. The number of aryl methyl sites for hydroxylation is 3. The molecule has 0 aliphatic rings. The molecule has 0 aliphatic carbocycles. The van der Waals surface area contributed by atoms with E-state index in [9.17, 15) is 4.79 Å². The number of benzene rings is 3. The van der Waals surface area contributed by atoms with Crippen LogP contribution in [0.5, 0.6) is 0 Å². The van der Waals surface area contributed by atoms with Crippen LogP contribution in [0.15, 0.2) is 66.7 Å². The Morgan fingerprint density at radius 2 is 1.45 bits per heavy atom. The largest absolute Gasteiger partial charge is 0.321 e. The second kappa shape index (κ2) is 7.51. The van der Waals surface area contributed by atoms with E-state index in [0.29, 0.717) is 5.56 Å². The van der Waals surface area contributed by atoms with Gasteiger partial charge in [-0.25, -0.2) is 4.98 Å². The van der Waals surface area contributed by atoms with Gasteiger partial charge in [-0.1, -0.05) is 66.2 Å². The van der Waals surface area contributed by atoms with Gasteiger partial charge in [-0.3, -0.25) is 4.79 Å². The van der Waals surface area contributed by atoms with Crippen LogP contribution in [-0.2, 0) is 0 Å². The summed E-state index contributed by atoms with van der Waals surface area (Å²) in [5.74, 6) is -0.103. The predicted octanol–water partition coefficient (Wildman–Crippen LogP) is 6.39. The lowest BCUT2D eigenvalue weighted by Gasteiger charge is -2.17. The smallest absolute Gasteiger partial charge is 0.256 e. The molecule has 0 atom stereocenters. The van der Waals surface area contributed by atoms with Crippen LogP contribution in [0.2, 0.25) is 0 Å². The number of rotatable bonds is 3. The Morgan fingerprint density at radius 3 is 2.14 bits per heavy atom. The fraction of sp³-hybridized carbons (Fsp3) is 0.154. The number of aromatic nitrogens is 1. The molecule has 3 nitrogen and oxygen atoms in total. The Labute approximate surface area is 171 Å². The molecule has 0 fully saturated rings. The van der Waals surface area contributed by atoms with Crippen molar-refractivity contribution >= 4 is 22.5 Å². The summed E-state index contributed by atoms with van der Waals surface area (Å²) < 4.78 is 0. The van der Waals surface area contributed by atoms with Crippen molar-refractivity contribution in [2.45, 2.75) is 27.7 Å². The summed E-state index contributed by atoms with van der Waals surface area (Å²) in [7, 11) is 0. The first kappa shape index (κ1) is 18.9. The first-order valence-corrected chi connectivity index (χ1v) is 9.79. The van der Waals surface area contributed by atoms with E-state index in [1.807, 2.05) is 75.4 Å². The Morgan fingerprint density at radius 1 is 0.828 bits per heavy atom. The van der Waals surface area contributed by atoms with E-state index in [1.54, 1.807) is 0 Å². The maximum Gasteiger partial charge on any atom is 0.256 e. The molecule has 1 amide bonds. The third-order valence-corrected chi connectivity index (χ3v) is 5.33. The second-order valence-corrected chi connectivity index (χ2v) is 7.57. The Balaban J connectivity index is 1.89. The standard InChI is InChI=1S/C26H24N2O/c1-16-14-17(2)24(18(3)15-16)28-26(29)23-19(4)25(20-10-6-5-7-11-20)27-22-13-9-8-12-21(22)23/h5-15H,1-4H3,(H,28,29). The number of para-hydroxylation sites is 1. The number of pyridine rings is 1. The molecule has 4 rings (SSSR count). The third kappa shape index (κ3) is 3.52. The summed E-state index contributed by atoms with van der Waals surface area (Å²) in [5.41, 5.74) is 8.42. The Kier molecular flexibility index (Phi) is 4.89. The zero-order valence-corrected chi connectivity index (χ0v) is 17.2. The number of carbonyl (C=O) groups excluding carboxylic acids is 1. The van der Waals surface area contributed by atoms with Gasteiger partial charge in [-0.2, -0.15) is 0 Å². The number of amides is 1. The molecule has 0 saturated heterocycles. The van der Waals surface area contributed by atoms with Gasteiger partial charge in [0, 0.05) is 16.6 Å². The van der Waals surface area contributed by atoms with Crippen LogP contribution in [0.25, 0.3) is 22.2 Å². The molecular formula is C26H24N2O. The molecule has 1 aromatic heterocycles. The molecule has 3 heteroatoms. The lowest BCUT2D eigenvalue weighted by Crippen LogP contribution is -2.17. The van der Waals surface area contributed by atoms with E-state index in [1.165, 1.54) is 5.56 Å². The minimum atomic E-state index is -0.103. The summed E-state index contributed by atoms with van der Waals surface area (Å²) in [4.78, 5) is 18.3. The predicted molar refractivity (Wildman–Crippen MR) is 121 cm³/mol. The summed E-state index contributed by atoms with van der Waals surface area (Å²) in [6, 6.07) is 22.0. The molecule has 0 unspecified atom stereocenters. The third-order valence-electron chi connectivity index (χ3n) is 5.33. The maximum atomic E-state index is 13.5. The molecule has 144 valence electrons. The summed E-state index contributed by atoms with van der Waals surface area (Å²) in [6.07, 6.45) is 0. The van der Waals surface area contributed by atoms with Crippen molar-refractivity contribution in [2.24, 2.45) is 0 Å². The highest BCUT2D eigenvalue weighted by Crippen LogP contribution is 2.31. The highest BCUT2D eigenvalue weighted by Gasteiger charge is 2.20. The highest BCUT2D eigenvalue weighted by molar-refractivity contribution is 6.14. The van der Waals surface area contributed by atoms with E-state index in [4.69, 9.17) is 4.98 Å². The zero-order chi connectivity index (χ0) is 20.5. The van der Waals surface area contributed by atoms with Crippen LogP contribution in [0.4, 0.5) is 5.69 Å². The Bertz CT molecular complexity index is 1200. The van der Waals surface area contributed by atoms with Gasteiger partial charge in [0.05, 0.1) is 16.8 Å². The Hall–Kier alpha value is -3.46. The van der Waals surface area contributed by atoms with Crippen molar-refractivity contribution in [1.82, 2.24) is 4.98 Å². The number of hydrogen-bond acceptors (Lipinski definition) is 2. The normalized spacial score (nSPS) is 10.9. The summed E-state index contributed by atoms with van der Waals surface area (Å²) in [6.45, 7) is 8.11. The number of anilines is 1. The van der Waals surface area contributed by atoms with Crippen LogP contribution >= 0.6 is 0 Å². The van der Waals surface area contributed by atoms with Crippen molar-refractivity contribution in [1.29, 1.82) is 0 Å². The quantitative estimate of drug-likeness (QED) is 0.447. The van der Waals surface area contributed by atoms with Gasteiger partial charge in [0.1, 0.15) is 0 Å². The van der Waals surface area contributed by atoms with E-state index >= 15 is 0 Å². The minimum absolute atomic E-state index is 0.103. The highest BCUT2D eigenvalue weighted by atomic mass is 16.1. The van der Waals surface area contributed by atoms with Gasteiger partial charge in [-0.05, 0) is 50.5 Å². The summed E-state index contributed by atoms with van der Waals surface area (Å²) >= 11 is 0. The maximum absolute atomic E-state index is 13.5. The van der Waals surface area contributed by atoms with Crippen LogP contribution < -0.4 is 5.32 Å². The molecule has 29 heavy (non-hydrogen) atoms. The van der Waals surface area contributed by atoms with E-state index < -0.39 is 0 Å². The van der Waals surface area contributed by atoms with Gasteiger partial charge >= 0.3 is 0 Å². The number of carbonyl (C=O) groups is 1. The first-order chi connectivity index (χ1) is 14.0. The van der Waals surface area contributed by atoms with Crippen molar-refractivity contribution in [3.8, 4) is 11.3 Å². The van der Waals surface area contributed by atoms with Gasteiger partial charge in [-0.15, -0.1) is 0 Å². The minimum Gasteiger partial charge on any atom is -0.321 e. The zero-order valence-electron chi connectivity index (χ0n) is 17.2. The number of nitrogens with zero attached hydrogens (tertiary/aromatic N) is 1. The van der Waals surface area contributed by atoms with Gasteiger partial charge in [0.25, 0.3) is 5.91 Å². The van der Waals surface area contributed by atoms with Crippen LogP contribution in [0.1, 0.15) is 32.6 Å². The molecular weight excluding hydrogens is 356 g/mol. The fourth-order valence-corrected chi connectivity index (χ4v) is 4.03. The average molecular weight is 380 g/mol. The van der Waals surface area contributed by atoms with Crippen LogP contribution in [0.3, 0.4) is 0 Å². The number of nitrogens with one attached hydrogen (secondary N) is 1. The molecule has 1 N–H and O–H groups in total. The second-order valence-electron chi connectivity index (χ2n) is 7.57.